The minimum Gasteiger partial charge on any atom is -0.481 e. The SMILES string of the molecule is O=C(O)CCCN(CCc1ccccc1F)C1CCCC1. The van der Waals surface area contributed by atoms with Crippen LogP contribution in [0.25, 0.3) is 0 Å². The number of carbonyl (C=O) groups is 1. The topological polar surface area (TPSA) is 40.5 Å². The van der Waals surface area contributed by atoms with E-state index in [1.807, 2.05) is 12.1 Å². The average Bonchev–Trinajstić information content (AvgIpc) is 2.98. The van der Waals surface area contributed by atoms with Gasteiger partial charge in [0.1, 0.15) is 5.82 Å². The molecule has 1 aromatic rings. The summed E-state index contributed by atoms with van der Waals surface area (Å²) >= 11 is 0. The van der Waals surface area contributed by atoms with Gasteiger partial charge in [0.05, 0.1) is 0 Å². The fraction of sp³-hybridized carbons (Fsp3) is 0.588. The summed E-state index contributed by atoms with van der Waals surface area (Å²) in [5.41, 5.74) is 0.749. The largest absolute Gasteiger partial charge is 0.481 e. The quantitative estimate of drug-likeness (QED) is 0.797. The number of aliphatic carboxylic acids is 1. The molecule has 0 unspecified atom stereocenters. The van der Waals surface area contributed by atoms with Crippen LogP contribution in [-0.4, -0.2) is 35.1 Å². The molecule has 1 aliphatic rings. The molecule has 3 nitrogen and oxygen atoms in total. The first-order chi connectivity index (χ1) is 10.2. The van der Waals surface area contributed by atoms with Crippen molar-refractivity contribution in [3.63, 3.8) is 0 Å². The summed E-state index contributed by atoms with van der Waals surface area (Å²) < 4.78 is 13.7. The Morgan fingerprint density at radius 3 is 2.62 bits per heavy atom. The van der Waals surface area contributed by atoms with Gasteiger partial charge < -0.3 is 10.0 Å². The van der Waals surface area contributed by atoms with Gasteiger partial charge in [-0.2, -0.15) is 0 Å². The minimum atomic E-state index is -0.740. The Morgan fingerprint density at radius 1 is 1.24 bits per heavy atom. The highest BCUT2D eigenvalue weighted by Gasteiger charge is 2.22. The van der Waals surface area contributed by atoms with Gasteiger partial charge in [0.2, 0.25) is 0 Å². The Bertz CT molecular complexity index is 458. The summed E-state index contributed by atoms with van der Waals surface area (Å²) in [6, 6.07) is 7.45. The number of carboxylic acids is 1. The second-order valence-corrected chi connectivity index (χ2v) is 5.81. The van der Waals surface area contributed by atoms with Gasteiger partial charge in [-0.15, -0.1) is 0 Å². The van der Waals surface area contributed by atoms with Gasteiger partial charge >= 0.3 is 5.97 Å². The second-order valence-electron chi connectivity index (χ2n) is 5.81. The smallest absolute Gasteiger partial charge is 0.303 e. The van der Waals surface area contributed by atoms with E-state index >= 15 is 0 Å². The molecule has 2 rings (SSSR count). The molecule has 0 aromatic heterocycles. The molecule has 0 bridgehead atoms. The van der Waals surface area contributed by atoms with Crippen LogP contribution < -0.4 is 0 Å². The van der Waals surface area contributed by atoms with Crippen molar-refractivity contribution < 1.29 is 14.3 Å². The van der Waals surface area contributed by atoms with Gasteiger partial charge in [-0.05, 0) is 43.9 Å². The van der Waals surface area contributed by atoms with E-state index in [0.717, 1.165) is 18.7 Å². The first kappa shape index (κ1) is 16.0. The molecule has 1 fully saturated rings. The predicted octanol–water partition coefficient (Wildman–Crippen LogP) is 3.48. The van der Waals surface area contributed by atoms with Crippen molar-refractivity contribution in [3.8, 4) is 0 Å². The van der Waals surface area contributed by atoms with E-state index < -0.39 is 5.97 Å². The Labute approximate surface area is 125 Å². The van der Waals surface area contributed by atoms with Crippen LogP contribution in [0.4, 0.5) is 4.39 Å². The van der Waals surface area contributed by atoms with Crippen molar-refractivity contribution in [2.45, 2.75) is 51.0 Å². The maximum Gasteiger partial charge on any atom is 0.303 e. The molecule has 0 amide bonds. The van der Waals surface area contributed by atoms with Gasteiger partial charge in [0.15, 0.2) is 0 Å². The van der Waals surface area contributed by atoms with Crippen LogP contribution in [-0.2, 0) is 11.2 Å². The van der Waals surface area contributed by atoms with Gasteiger partial charge in [0, 0.05) is 19.0 Å². The van der Waals surface area contributed by atoms with Crippen LogP contribution >= 0.6 is 0 Å². The van der Waals surface area contributed by atoms with Crippen LogP contribution in [0.5, 0.6) is 0 Å². The lowest BCUT2D eigenvalue weighted by Gasteiger charge is -2.28. The first-order valence-electron chi connectivity index (χ1n) is 7.86. The molecule has 4 heteroatoms. The van der Waals surface area contributed by atoms with Crippen LogP contribution in [0.2, 0.25) is 0 Å². The lowest BCUT2D eigenvalue weighted by molar-refractivity contribution is -0.137. The second kappa shape index (κ2) is 8.13. The molecule has 1 N–H and O–H groups in total. The van der Waals surface area contributed by atoms with E-state index in [4.69, 9.17) is 5.11 Å². The number of hydrogen-bond donors (Lipinski definition) is 1. The molecular weight excluding hydrogens is 269 g/mol. The molecule has 1 aromatic carbocycles. The monoisotopic (exact) mass is 293 g/mol. The zero-order valence-corrected chi connectivity index (χ0v) is 12.4. The number of halogens is 1. The lowest BCUT2D eigenvalue weighted by Crippen LogP contribution is -2.36. The molecular formula is C17H24FNO2. The van der Waals surface area contributed by atoms with Crippen molar-refractivity contribution in [2.24, 2.45) is 0 Å². The molecule has 1 aliphatic carbocycles. The minimum absolute atomic E-state index is 0.144. The maximum atomic E-state index is 13.7. The highest BCUT2D eigenvalue weighted by atomic mass is 19.1. The number of benzene rings is 1. The zero-order valence-electron chi connectivity index (χ0n) is 12.4. The van der Waals surface area contributed by atoms with Crippen molar-refractivity contribution in [1.82, 2.24) is 4.90 Å². The van der Waals surface area contributed by atoms with E-state index in [-0.39, 0.29) is 12.2 Å². The van der Waals surface area contributed by atoms with Crippen LogP contribution in [0, 0.1) is 5.82 Å². The number of carboxylic acid groups (broad SMARTS) is 1. The lowest BCUT2D eigenvalue weighted by atomic mass is 10.1. The van der Waals surface area contributed by atoms with Crippen LogP contribution in [0.15, 0.2) is 24.3 Å². The standard InChI is InChI=1S/C17H24FNO2/c18-16-9-4-1-6-14(16)11-13-19(12-5-10-17(20)21)15-7-2-3-8-15/h1,4,6,9,15H,2-3,5,7-8,10-13H2,(H,20,21). The third-order valence-electron chi connectivity index (χ3n) is 4.30. The number of nitrogens with zero attached hydrogens (tertiary/aromatic N) is 1. The van der Waals surface area contributed by atoms with Gasteiger partial charge in [-0.3, -0.25) is 4.79 Å². The van der Waals surface area contributed by atoms with Crippen molar-refractivity contribution in [3.05, 3.63) is 35.6 Å². The van der Waals surface area contributed by atoms with E-state index in [9.17, 15) is 9.18 Å². The van der Waals surface area contributed by atoms with Gasteiger partial charge in [-0.1, -0.05) is 31.0 Å². The van der Waals surface area contributed by atoms with Crippen LogP contribution in [0.1, 0.15) is 44.1 Å². The molecule has 21 heavy (non-hydrogen) atoms. The fourth-order valence-corrected chi connectivity index (χ4v) is 3.14. The van der Waals surface area contributed by atoms with Gasteiger partial charge in [-0.25, -0.2) is 4.39 Å². The Morgan fingerprint density at radius 2 is 1.95 bits per heavy atom. The molecule has 0 spiro atoms. The third-order valence-corrected chi connectivity index (χ3v) is 4.30. The van der Waals surface area contributed by atoms with Crippen molar-refractivity contribution in [2.75, 3.05) is 13.1 Å². The van der Waals surface area contributed by atoms with Crippen molar-refractivity contribution in [1.29, 1.82) is 0 Å². The molecule has 116 valence electrons. The Kier molecular flexibility index (Phi) is 6.18. The molecule has 1 saturated carbocycles. The van der Waals surface area contributed by atoms with E-state index in [0.29, 0.717) is 18.9 Å². The predicted molar refractivity (Wildman–Crippen MR) is 80.8 cm³/mol. The Hall–Kier alpha value is -1.42. The zero-order chi connectivity index (χ0) is 15.1. The first-order valence-corrected chi connectivity index (χ1v) is 7.86. The fourth-order valence-electron chi connectivity index (χ4n) is 3.14. The summed E-state index contributed by atoms with van der Waals surface area (Å²) in [7, 11) is 0. The highest BCUT2D eigenvalue weighted by molar-refractivity contribution is 5.66. The van der Waals surface area contributed by atoms with Crippen LogP contribution in [0.3, 0.4) is 0 Å². The number of rotatable bonds is 8. The van der Waals surface area contributed by atoms with E-state index in [1.54, 1.807) is 6.07 Å². The molecule has 0 heterocycles. The summed E-state index contributed by atoms with van der Waals surface area (Å²) in [4.78, 5) is 13.0. The summed E-state index contributed by atoms with van der Waals surface area (Å²) in [6.07, 6.45) is 6.44. The highest BCUT2D eigenvalue weighted by Crippen LogP contribution is 2.24. The Balaban J connectivity index is 1.88. The summed E-state index contributed by atoms with van der Waals surface area (Å²) in [5.74, 6) is -0.884. The van der Waals surface area contributed by atoms with Crippen molar-refractivity contribution >= 4 is 5.97 Å². The number of hydrogen-bond acceptors (Lipinski definition) is 2. The van der Waals surface area contributed by atoms with Gasteiger partial charge in [0.25, 0.3) is 0 Å². The molecule has 0 aliphatic heterocycles. The van der Waals surface area contributed by atoms with E-state index in [1.165, 1.54) is 31.7 Å². The maximum absolute atomic E-state index is 13.7. The van der Waals surface area contributed by atoms with E-state index in [2.05, 4.69) is 4.90 Å². The molecule has 0 saturated heterocycles. The average molecular weight is 293 g/mol. The molecule has 0 radical (unpaired) electrons. The molecule has 0 atom stereocenters. The summed E-state index contributed by atoms with van der Waals surface area (Å²) in [5, 5.41) is 8.77. The third kappa shape index (κ3) is 5.12. The normalized spacial score (nSPS) is 15.7. The summed E-state index contributed by atoms with van der Waals surface area (Å²) in [6.45, 7) is 1.61.